The number of hydrogen-bond donors (Lipinski definition) is 0. The normalized spacial score (nSPS) is 27.0. The van der Waals surface area contributed by atoms with E-state index in [1.54, 1.807) is 7.05 Å². The molecule has 1 fully saturated rings. The van der Waals surface area contributed by atoms with Crippen LogP contribution in [0.25, 0.3) is 0 Å². The quantitative estimate of drug-likeness (QED) is 0.399. The van der Waals surface area contributed by atoms with Crippen molar-refractivity contribution >= 4 is 17.7 Å². The van der Waals surface area contributed by atoms with Crippen LogP contribution in [0.1, 0.15) is 6.42 Å². The predicted molar refractivity (Wildman–Crippen MR) is 33.0 cm³/mol. The Kier molecular flexibility index (Phi) is 1.93. The second-order valence-corrected chi connectivity index (χ2v) is 2.60. The molecule has 1 rings (SSSR count). The van der Waals surface area contributed by atoms with Gasteiger partial charge in [0.1, 0.15) is 6.61 Å². The van der Waals surface area contributed by atoms with Gasteiger partial charge >= 0.3 is 5.97 Å². The molecule has 0 aromatic rings. The fraction of sp³-hybridized carbons (Fsp3) is 0.800. The molecular formula is C5H8ClNO2. The summed E-state index contributed by atoms with van der Waals surface area (Å²) >= 11 is 5.55. The highest BCUT2D eigenvalue weighted by Gasteiger charge is 2.25. The summed E-state index contributed by atoms with van der Waals surface area (Å²) in [6.45, 7) is 0.429. The van der Waals surface area contributed by atoms with E-state index in [0.29, 0.717) is 13.0 Å². The number of carbonyl (C=O) groups excluding carboxylic acids is 1. The van der Waals surface area contributed by atoms with Gasteiger partial charge in [-0.15, -0.1) is 0 Å². The first-order chi connectivity index (χ1) is 4.20. The SMILES string of the molecule is CN(Cl)C1COC(=O)C1. The van der Waals surface area contributed by atoms with E-state index in [-0.39, 0.29) is 12.0 Å². The zero-order chi connectivity index (χ0) is 6.85. The molecule has 0 N–H and O–H groups in total. The van der Waals surface area contributed by atoms with Crippen LogP contribution in [-0.2, 0) is 9.53 Å². The van der Waals surface area contributed by atoms with Crippen molar-refractivity contribution in [1.82, 2.24) is 4.42 Å². The summed E-state index contributed by atoms with van der Waals surface area (Å²) in [5.41, 5.74) is 0. The van der Waals surface area contributed by atoms with Gasteiger partial charge in [-0.25, -0.2) is 4.42 Å². The largest absolute Gasteiger partial charge is 0.464 e. The third-order valence-electron chi connectivity index (χ3n) is 1.34. The Labute approximate surface area is 58.6 Å². The Morgan fingerprint density at radius 3 is 2.78 bits per heavy atom. The minimum atomic E-state index is -0.160. The molecule has 4 heteroatoms. The maximum Gasteiger partial charge on any atom is 0.307 e. The fourth-order valence-electron chi connectivity index (χ4n) is 0.728. The summed E-state index contributed by atoms with van der Waals surface area (Å²) in [6.07, 6.45) is 0.417. The highest BCUT2D eigenvalue weighted by atomic mass is 35.5. The van der Waals surface area contributed by atoms with E-state index >= 15 is 0 Å². The predicted octanol–water partition coefficient (Wildman–Crippen LogP) is 0.388. The lowest BCUT2D eigenvalue weighted by Crippen LogP contribution is -2.22. The van der Waals surface area contributed by atoms with E-state index in [9.17, 15) is 4.79 Å². The molecule has 1 saturated heterocycles. The Morgan fingerprint density at radius 2 is 2.56 bits per heavy atom. The summed E-state index contributed by atoms with van der Waals surface area (Å²) in [5, 5.41) is 0. The fourth-order valence-corrected chi connectivity index (χ4v) is 0.853. The van der Waals surface area contributed by atoms with Gasteiger partial charge in [0.05, 0.1) is 12.5 Å². The van der Waals surface area contributed by atoms with Gasteiger partial charge in [-0.05, 0) is 11.8 Å². The van der Waals surface area contributed by atoms with Crippen LogP contribution in [0.4, 0.5) is 0 Å². The molecule has 0 aromatic carbocycles. The standard InChI is InChI=1S/C5H8ClNO2/c1-7(6)4-2-5(8)9-3-4/h4H,2-3H2,1H3. The molecule has 1 unspecified atom stereocenters. The first kappa shape index (κ1) is 6.83. The smallest absolute Gasteiger partial charge is 0.307 e. The van der Waals surface area contributed by atoms with Crippen LogP contribution in [0, 0.1) is 0 Å². The third-order valence-corrected chi connectivity index (χ3v) is 1.62. The topological polar surface area (TPSA) is 29.5 Å². The minimum absolute atomic E-state index is 0.0687. The highest BCUT2D eigenvalue weighted by molar-refractivity contribution is 6.13. The average molecular weight is 150 g/mol. The molecule has 0 spiro atoms. The van der Waals surface area contributed by atoms with Crippen molar-refractivity contribution < 1.29 is 9.53 Å². The second kappa shape index (κ2) is 2.54. The van der Waals surface area contributed by atoms with E-state index < -0.39 is 0 Å². The summed E-state index contributed by atoms with van der Waals surface area (Å²) in [7, 11) is 1.72. The van der Waals surface area contributed by atoms with Gasteiger partial charge in [0.15, 0.2) is 0 Å². The Bertz CT molecular complexity index is 126. The summed E-state index contributed by atoms with van der Waals surface area (Å²) in [5.74, 6) is -0.160. The number of carbonyl (C=O) groups is 1. The first-order valence-electron chi connectivity index (χ1n) is 2.74. The molecule has 3 nitrogen and oxygen atoms in total. The molecule has 0 radical (unpaired) electrons. The minimum Gasteiger partial charge on any atom is -0.464 e. The van der Waals surface area contributed by atoms with Crippen molar-refractivity contribution in [2.24, 2.45) is 0 Å². The number of ether oxygens (including phenoxy) is 1. The maximum atomic E-state index is 10.5. The van der Waals surface area contributed by atoms with Gasteiger partial charge in [-0.2, -0.15) is 0 Å². The molecule has 1 heterocycles. The number of esters is 1. The maximum absolute atomic E-state index is 10.5. The Balaban J connectivity index is 2.39. The van der Waals surface area contributed by atoms with Crippen molar-refractivity contribution in [2.75, 3.05) is 13.7 Å². The van der Waals surface area contributed by atoms with Gasteiger partial charge in [0.2, 0.25) is 0 Å². The first-order valence-corrected chi connectivity index (χ1v) is 3.08. The monoisotopic (exact) mass is 149 g/mol. The number of nitrogens with zero attached hydrogens (tertiary/aromatic N) is 1. The molecule has 1 atom stereocenters. The van der Waals surface area contributed by atoms with Crippen LogP contribution in [0.3, 0.4) is 0 Å². The van der Waals surface area contributed by atoms with Crippen molar-refractivity contribution in [1.29, 1.82) is 0 Å². The van der Waals surface area contributed by atoms with E-state index in [2.05, 4.69) is 4.74 Å². The molecule has 1 aliphatic rings. The zero-order valence-corrected chi connectivity index (χ0v) is 5.89. The van der Waals surface area contributed by atoms with Crippen LogP contribution >= 0.6 is 11.8 Å². The Hall–Kier alpha value is -0.280. The highest BCUT2D eigenvalue weighted by Crippen LogP contribution is 2.12. The molecule has 1 aliphatic heterocycles. The molecule has 0 aliphatic carbocycles. The lowest BCUT2D eigenvalue weighted by molar-refractivity contribution is -0.137. The molecule has 0 bridgehead atoms. The third kappa shape index (κ3) is 1.56. The van der Waals surface area contributed by atoms with E-state index in [1.165, 1.54) is 4.42 Å². The van der Waals surface area contributed by atoms with Crippen LogP contribution in [0.5, 0.6) is 0 Å². The van der Waals surface area contributed by atoms with Crippen LogP contribution in [0.15, 0.2) is 0 Å². The molecular weight excluding hydrogens is 142 g/mol. The number of likely N-dealkylation sites (N-methyl/N-ethyl adjacent to an activating group) is 1. The molecule has 9 heavy (non-hydrogen) atoms. The van der Waals surface area contributed by atoms with Crippen molar-refractivity contribution in [3.63, 3.8) is 0 Å². The lowest BCUT2D eigenvalue weighted by atomic mass is 10.3. The van der Waals surface area contributed by atoms with Gasteiger partial charge in [-0.3, -0.25) is 4.79 Å². The lowest BCUT2D eigenvalue weighted by Gasteiger charge is -2.10. The van der Waals surface area contributed by atoms with Crippen LogP contribution < -0.4 is 0 Å². The van der Waals surface area contributed by atoms with E-state index in [4.69, 9.17) is 11.8 Å². The van der Waals surface area contributed by atoms with E-state index in [0.717, 1.165) is 0 Å². The number of halogens is 1. The molecule has 52 valence electrons. The van der Waals surface area contributed by atoms with Gasteiger partial charge in [-0.1, -0.05) is 0 Å². The Morgan fingerprint density at radius 1 is 1.89 bits per heavy atom. The van der Waals surface area contributed by atoms with Crippen molar-refractivity contribution in [3.8, 4) is 0 Å². The molecule has 0 saturated carbocycles. The number of cyclic esters (lactones) is 1. The molecule has 0 aromatic heterocycles. The second-order valence-electron chi connectivity index (χ2n) is 2.07. The van der Waals surface area contributed by atoms with Crippen molar-refractivity contribution in [2.45, 2.75) is 12.5 Å². The van der Waals surface area contributed by atoms with Gasteiger partial charge < -0.3 is 4.74 Å². The summed E-state index contributed by atoms with van der Waals surface area (Å²) in [4.78, 5) is 10.5. The zero-order valence-electron chi connectivity index (χ0n) is 5.13. The number of hydrogen-bond acceptors (Lipinski definition) is 3. The van der Waals surface area contributed by atoms with Gasteiger partial charge in [0.25, 0.3) is 0 Å². The molecule has 0 amide bonds. The number of rotatable bonds is 1. The van der Waals surface area contributed by atoms with Crippen molar-refractivity contribution in [3.05, 3.63) is 0 Å². The average Bonchev–Trinajstić information content (AvgIpc) is 2.14. The summed E-state index contributed by atoms with van der Waals surface area (Å²) < 4.78 is 6.14. The summed E-state index contributed by atoms with van der Waals surface area (Å²) in [6, 6.07) is 0.0687. The van der Waals surface area contributed by atoms with Gasteiger partial charge in [0, 0.05) is 7.05 Å². The van der Waals surface area contributed by atoms with Crippen LogP contribution in [-0.4, -0.2) is 30.1 Å². The van der Waals surface area contributed by atoms with Crippen LogP contribution in [0.2, 0.25) is 0 Å². The van der Waals surface area contributed by atoms with E-state index in [1.807, 2.05) is 0 Å².